The highest BCUT2D eigenvalue weighted by Crippen LogP contribution is 2.06. The molecule has 2 heterocycles. The van der Waals surface area contributed by atoms with Crippen molar-refractivity contribution in [3.05, 3.63) is 96.1 Å². The van der Waals surface area contributed by atoms with Gasteiger partial charge in [-0.05, 0) is 36.4 Å². The van der Waals surface area contributed by atoms with E-state index in [9.17, 15) is 4.79 Å². The van der Waals surface area contributed by atoms with Crippen LogP contribution >= 0.6 is 0 Å². The summed E-state index contributed by atoms with van der Waals surface area (Å²) in [6.07, 6.45) is 3.59. The number of nitrogens with zero attached hydrogens (tertiary/aromatic N) is 3. The van der Waals surface area contributed by atoms with Gasteiger partial charge in [-0.15, -0.1) is 0 Å². The van der Waals surface area contributed by atoms with Gasteiger partial charge in [0.05, 0.1) is 11.4 Å². The molecule has 132 valence electrons. The van der Waals surface area contributed by atoms with Gasteiger partial charge in [-0.25, -0.2) is 0 Å². The normalized spacial score (nSPS) is 10.7. The lowest BCUT2D eigenvalue weighted by atomic mass is 10.2. The van der Waals surface area contributed by atoms with Crippen LogP contribution in [0, 0.1) is 0 Å². The van der Waals surface area contributed by atoms with E-state index in [0.717, 1.165) is 11.4 Å². The van der Waals surface area contributed by atoms with Gasteiger partial charge < -0.3 is 5.32 Å². The minimum absolute atomic E-state index is 0.0544. The lowest BCUT2D eigenvalue weighted by Gasteiger charge is -2.21. The third-order valence-corrected chi connectivity index (χ3v) is 3.97. The molecule has 5 nitrogen and oxygen atoms in total. The first-order valence-electron chi connectivity index (χ1n) is 8.67. The number of pyridine rings is 2. The molecule has 0 aliphatic carbocycles. The minimum atomic E-state index is -0.0544. The van der Waals surface area contributed by atoms with Gasteiger partial charge in [-0.1, -0.05) is 30.3 Å². The lowest BCUT2D eigenvalue weighted by molar-refractivity contribution is 0.0947. The molecule has 0 aliphatic heterocycles. The van der Waals surface area contributed by atoms with Crippen LogP contribution in [-0.2, 0) is 13.1 Å². The molecule has 3 rings (SSSR count). The van der Waals surface area contributed by atoms with E-state index in [2.05, 4.69) is 20.2 Å². The van der Waals surface area contributed by atoms with Crippen molar-refractivity contribution >= 4 is 5.91 Å². The van der Waals surface area contributed by atoms with Gasteiger partial charge in [0.1, 0.15) is 0 Å². The zero-order valence-corrected chi connectivity index (χ0v) is 14.6. The molecule has 0 bridgehead atoms. The summed E-state index contributed by atoms with van der Waals surface area (Å²) < 4.78 is 0. The van der Waals surface area contributed by atoms with Crippen LogP contribution in [0.5, 0.6) is 0 Å². The van der Waals surface area contributed by atoms with E-state index in [4.69, 9.17) is 0 Å². The number of amides is 1. The molecule has 0 saturated heterocycles. The summed E-state index contributed by atoms with van der Waals surface area (Å²) in [5, 5.41) is 2.98. The maximum absolute atomic E-state index is 12.2. The first-order chi connectivity index (χ1) is 12.8. The van der Waals surface area contributed by atoms with E-state index in [-0.39, 0.29) is 5.91 Å². The predicted octanol–water partition coefficient (Wildman–Crippen LogP) is 2.91. The molecule has 0 radical (unpaired) electrons. The van der Waals surface area contributed by atoms with E-state index in [1.807, 2.05) is 66.7 Å². The average Bonchev–Trinajstić information content (AvgIpc) is 2.70. The number of hydrogen-bond acceptors (Lipinski definition) is 4. The van der Waals surface area contributed by atoms with E-state index < -0.39 is 0 Å². The van der Waals surface area contributed by atoms with Gasteiger partial charge >= 0.3 is 0 Å². The summed E-state index contributed by atoms with van der Waals surface area (Å²) >= 11 is 0. The summed E-state index contributed by atoms with van der Waals surface area (Å²) in [5.41, 5.74) is 2.67. The fourth-order valence-electron chi connectivity index (χ4n) is 2.67. The molecule has 0 aliphatic rings. The second-order valence-corrected chi connectivity index (χ2v) is 5.97. The topological polar surface area (TPSA) is 58.1 Å². The fraction of sp³-hybridized carbons (Fsp3) is 0.190. The number of carbonyl (C=O) groups excluding carboxylic acids is 1. The molecule has 5 heteroatoms. The van der Waals surface area contributed by atoms with Crippen LogP contribution in [0.4, 0.5) is 0 Å². The molecule has 0 atom stereocenters. The highest BCUT2D eigenvalue weighted by Gasteiger charge is 2.10. The number of aromatic nitrogens is 2. The molecule has 0 unspecified atom stereocenters. The largest absolute Gasteiger partial charge is 0.351 e. The molecule has 0 fully saturated rings. The van der Waals surface area contributed by atoms with Crippen molar-refractivity contribution in [2.45, 2.75) is 13.1 Å². The number of hydrogen-bond donors (Lipinski definition) is 1. The van der Waals surface area contributed by atoms with Crippen molar-refractivity contribution in [3.8, 4) is 0 Å². The Bertz CT molecular complexity index is 753. The van der Waals surface area contributed by atoms with Crippen LogP contribution in [0.3, 0.4) is 0 Å². The van der Waals surface area contributed by atoms with Gasteiger partial charge in [0.25, 0.3) is 5.91 Å². The first-order valence-corrected chi connectivity index (χ1v) is 8.67. The van der Waals surface area contributed by atoms with Gasteiger partial charge in [0.2, 0.25) is 0 Å². The molecule has 2 aromatic heterocycles. The zero-order chi connectivity index (χ0) is 18.0. The molecule has 1 aromatic carbocycles. The van der Waals surface area contributed by atoms with E-state index >= 15 is 0 Å². The molecular formula is C21H22N4O. The Hall–Kier alpha value is -3.05. The lowest BCUT2D eigenvalue weighted by Crippen LogP contribution is -2.34. The van der Waals surface area contributed by atoms with Crippen molar-refractivity contribution in [1.82, 2.24) is 20.2 Å². The van der Waals surface area contributed by atoms with Gasteiger partial charge in [-0.2, -0.15) is 0 Å². The van der Waals surface area contributed by atoms with Crippen LogP contribution in [-0.4, -0.2) is 33.9 Å². The Kier molecular flexibility index (Phi) is 6.45. The second-order valence-electron chi connectivity index (χ2n) is 5.97. The van der Waals surface area contributed by atoms with Crippen LogP contribution < -0.4 is 5.32 Å². The van der Waals surface area contributed by atoms with Crippen molar-refractivity contribution in [1.29, 1.82) is 0 Å². The Balaban J connectivity index is 1.59. The number of rotatable bonds is 8. The standard InChI is InChI=1S/C21H22N4O/c26-21(18-8-2-1-3-9-18)24-14-15-25(16-19-10-4-6-12-22-19)17-20-11-5-7-13-23-20/h1-13H,14-17H2,(H,24,26). The maximum Gasteiger partial charge on any atom is 0.251 e. The van der Waals surface area contributed by atoms with Gasteiger partial charge in [0, 0.05) is 44.1 Å². The van der Waals surface area contributed by atoms with Crippen molar-refractivity contribution in [2.75, 3.05) is 13.1 Å². The van der Waals surface area contributed by atoms with Crippen molar-refractivity contribution < 1.29 is 4.79 Å². The SMILES string of the molecule is O=C(NCCN(Cc1ccccn1)Cc1ccccn1)c1ccccc1. The van der Waals surface area contributed by atoms with Crippen LogP contribution in [0.2, 0.25) is 0 Å². The molecule has 0 saturated carbocycles. The Morgan fingerprint density at radius 2 is 1.38 bits per heavy atom. The number of carbonyl (C=O) groups is 1. The van der Waals surface area contributed by atoms with Crippen molar-refractivity contribution in [2.24, 2.45) is 0 Å². The summed E-state index contributed by atoms with van der Waals surface area (Å²) in [5.74, 6) is -0.0544. The highest BCUT2D eigenvalue weighted by atomic mass is 16.1. The van der Waals surface area contributed by atoms with Gasteiger partial charge in [-0.3, -0.25) is 19.7 Å². The molecule has 26 heavy (non-hydrogen) atoms. The van der Waals surface area contributed by atoms with Crippen LogP contribution in [0.25, 0.3) is 0 Å². The molecule has 1 N–H and O–H groups in total. The summed E-state index contributed by atoms with van der Waals surface area (Å²) in [7, 11) is 0. The van der Waals surface area contributed by atoms with E-state index in [1.54, 1.807) is 12.4 Å². The van der Waals surface area contributed by atoms with E-state index in [0.29, 0.717) is 31.7 Å². The summed E-state index contributed by atoms with van der Waals surface area (Å²) in [4.78, 5) is 23.2. The molecule has 0 spiro atoms. The third-order valence-electron chi connectivity index (χ3n) is 3.97. The zero-order valence-electron chi connectivity index (χ0n) is 14.6. The smallest absolute Gasteiger partial charge is 0.251 e. The average molecular weight is 346 g/mol. The minimum Gasteiger partial charge on any atom is -0.351 e. The fourth-order valence-corrected chi connectivity index (χ4v) is 2.67. The van der Waals surface area contributed by atoms with E-state index in [1.165, 1.54) is 0 Å². The third kappa shape index (κ3) is 5.50. The predicted molar refractivity (Wildman–Crippen MR) is 101 cm³/mol. The second kappa shape index (κ2) is 9.44. The number of nitrogens with one attached hydrogen (secondary N) is 1. The molecule has 3 aromatic rings. The number of benzene rings is 1. The maximum atomic E-state index is 12.2. The highest BCUT2D eigenvalue weighted by molar-refractivity contribution is 5.94. The van der Waals surface area contributed by atoms with Crippen LogP contribution in [0.15, 0.2) is 79.1 Å². The Morgan fingerprint density at radius 1 is 0.808 bits per heavy atom. The Morgan fingerprint density at radius 3 is 1.92 bits per heavy atom. The molecule has 1 amide bonds. The molecular weight excluding hydrogens is 324 g/mol. The van der Waals surface area contributed by atoms with Crippen LogP contribution in [0.1, 0.15) is 21.7 Å². The quantitative estimate of drug-likeness (QED) is 0.681. The Labute approximate surface area is 153 Å². The monoisotopic (exact) mass is 346 g/mol. The summed E-state index contributed by atoms with van der Waals surface area (Å²) in [6, 6.07) is 21.1. The first kappa shape index (κ1) is 17.8. The van der Waals surface area contributed by atoms with Gasteiger partial charge in [0.15, 0.2) is 0 Å². The van der Waals surface area contributed by atoms with Crippen molar-refractivity contribution in [3.63, 3.8) is 0 Å². The summed E-state index contributed by atoms with van der Waals surface area (Å²) in [6.45, 7) is 2.69.